The van der Waals surface area contributed by atoms with E-state index in [0.29, 0.717) is 17.7 Å². The summed E-state index contributed by atoms with van der Waals surface area (Å²) >= 11 is 0. The summed E-state index contributed by atoms with van der Waals surface area (Å²) in [5, 5.41) is 8.63. The summed E-state index contributed by atoms with van der Waals surface area (Å²) < 4.78 is 0. The largest absolute Gasteiger partial charge is 0.508 e. The van der Waals surface area contributed by atoms with Crippen LogP contribution in [0.5, 0.6) is 5.75 Å². The van der Waals surface area contributed by atoms with Crippen LogP contribution in [0.25, 0.3) is 0 Å². The number of carbonyl (C=O) groups excluding carboxylic acids is 1. The molecule has 0 aliphatic carbocycles. The van der Waals surface area contributed by atoms with E-state index in [0.717, 1.165) is 0 Å². The van der Waals surface area contributed by atoms with E-state index in [1.165, 1.54) is 0 Å². The Kier molecular flexibility index (Phi) is 5.87. The molecule has 0 aromatic heterocycles. The first-order valence-electron chi connectivity index (χ1n) is 4.29. The fraction of sp³-hybridized carbons (Fsp3) is 0.182. The summed E-state index contributed by atoms with van der Waals surface area (Å²) in [6, 6.07) is 8.71. The molecule has 0 aliphatic rings. The number of phenols is 1. The number of aromatic hydroxyl groups is 1. The molecule has 0 spiro atoms. The number of hydrogen-bond donors (Lipinski definition) is 2. The average molecular weight is 193 g/mol. The molecule has 0 fully saturated rings. The van der Waals surface area contributed by atoms with Gasteiger partial charge in [-0.1, -0.05) is 31.7 Å². The van der Waals surface area contributed by atoms with Crippen LogP contribution in [0.4, 0.5) is 0 Å². The number of benzene rings is 1. The molecule has 76 valence electrons. The molecule has 0 saturated carbocycles. The molecule has 14 heavy (non-hydrogen) atoms. The molecule has 3 nitrogen and oxygen atoms in total. The first kappa shape index (κ1) is 12.2. The van der Waals surface area contributed by atoms with Crippen LogP contribution >= 0.6 is 0 Å². The molecule has 1 amide bonds. The van der Waals surface area contributed by atoms with Gasteiger partial charge in [0.1, 0.15) is 5.75 Å². The van der Waals surface area contributed by atoms with Crippen molar-refractivity contribution in [3.63, 3.8) is 0 Å². The standard InChI is InChI=1S/C6H6O.C5H9NO/c7-6-4-2-1-3-5-6;1-3-4(2)5(6)7/h1-5,7H;2-3H2,1H3,(H2,6,7). The fourth-order valence-corrected chi connectivity index (χ4v) is 0.602. The van der Waals surface area contributed by atoms with Crippen LogP contribution in [0.2, 0.25) is 0 Å². The van der Waals surface area contributed by atoms with Crippen molar-refractivity contribution in [2.75, 3.05) is 0 Å². The number of primary amides is 1. The number of amides is 1. The monoisotopic (exact) mass is 193 g/mol. The maximum absolute atomic E-state index is 10.1. The van der Waals surface area contributed by atoms with Crippen molar-refractivity contribution in [1.29, 1.82) is 0 Å². The highest BCUT2D eigenvalue weighted by Crippen LogP contribution is 2.02. The Bertz CT molecular complexity index is 293. The second-order valence-electron chi connectivity index (χ2n) is 2.66. The molecular formula is C11H15NO2. The molecule has 0 saturated heterocycles. The van der Waals surface area contributed by atoms with E-state index >= 15 is 0 Å². The molecular weight excluding hydrogens is 178 g/mol. The van der Waals surface area contributed by atoms with Gasteiger partial charge in [-0.15, -0.1) is 0 Å². The van der Waals surface area contributed by atoms with Gasteiger partial charge in [0.15, 0.2) is 0 Å². The van der Waals surface area contributed by atoms with E-state index in [4.69, 9.17) is 10.8 Å². The average Bonchev–Trinajstić information content (AvgIpc) is 2.18. The molecule has 3 heteroatoms. The molecule has 0 radical (unpaired) electrons. The van der Waals surface area contributed by atoms with Crippen molar-refractivity contribution in [2.24, 2.45) is 5.73 Å². The van der Waals surface area contributed by atoms with Crippen LogP contribution in [-0.2, 0) is 4.79 Å². The summed E-state index contributed by atoms with van der Waals surface area (Å²) in [7, 11) is 0. The lowest BCUT2D eigenvalue weighted by atomic mass is 10.2. The molecule has 1 aromatic carbocycles. The number of hydrogen-bond acceptors (Lipinski definition) is 2. The number of phenolic OH excluding ortho intramolecular Hbond substituents is 1. The van der Waals surface area contributed by atoms with Crippen molar-refractivity contribution in [2.45, 2.75) is 13.3 Å². The SMILES string of the molecule is C=C(CC)C(N)=O.Oc1ccccc1. The quantitative estimate of drug-likeness (QED) is 0.704. The van der Waals surface area contributed by atoms with Crippen LogP contribution < -0.4 is 5.73 Å². The van der Waals surface area contributed by atoms with E-state index in [1.54, 1.807) is 24.3 Å². The third kappa shape index (κ3) is 5.83. The van der Waals surface area contributed by atoms with E-state index < -0.39 is 5.91 Å². The Balaban J connectivity index is 0.000000241. The minimum atomic E-state index is -0.400. The molecule has 0 unspecified atom stereocenters. The molecule has 1 rings (SSSR count). The fourth-order valence-electron chi connectivity index (χ4n) is 0.602. The topological polar surface area (TPSA) is 63.3 Å². The van der Waals surface area contributed by atoms with E-state index in [2.05, 4.69) is 6.58 Å². The first-order valence-corrected chi connectivity index (χ1v) is 4.29. The van der Waals surface area contributed by atoms with E-state index in [1.807, 2.05) is 13.0 Å². The van der Waals surface area contributed by atoms with Crippen molar-refractivity contribution < 1.29 is 9.90 Å². The van der Waals surface area contributed by atoms with Gasteiger partial charge in [0, 0.05) is 5.57 Å². The van der Waals surface area contributed by atoms with Crippen LogP contribution in [0, 0.1) is 0 Å². The summed E-state index contributed by atoms with van der Waals surface area (Å²) in [5.41, 5.74) is 5.29. The Morgan fingerprint density at radius 1 is 1.43 bits per heavy atom. The minimum Gasteiger partial charge on any atom is -0.508 e. The van der Waals surface area contributed by atoms with Crippen molar-refractivity contribution in [3.8, 4) is 5.75 Å². The molecule has 0 aliphatic heterocycles. The lowest BCUT2D eigenvalue weighted by Gasteiger charge is -1.89. The summed E-state index contributed by atoms with van der Waals surface area (Å²) in [6.45, 7) is 5.24. The normalized spacial score (nSPS) is 8.36. The zero-order chi connectivity index (χ0) is 11.0. The van der Waals surface area contributed by atoms with Gasteiger partial charge in [-0.05, 0) is 18.6 Å². The van der Waals surface area contributed by atoms with Gasteiger partial charge < -0.3 is 10.8 Å². The summed E-state index contributed by atoms with van der Waals surface area (Å²) in [5.74, 6) is -0.0787. The smallest absolute Gasteiger partial charge is 0.244 e. The Labute approximate surface area is 83.9 Å². The van der Waals surface area contributed by atoms with Gasteiger partial charge in [-0.25, -0.2) is 0 Å². The van der Waals surface area contributed by atoms with Crippen LogP contribution in [0.3, 0.4) is 0 Å². The Morgan fingerprint density at radius 3 is 2.07 bits per heavy atom. The number of para-hydroxylation sites is 1. The first-order chi connectivity index (χ1) is 6.57. The van der Waals surface area contributed by atoms with Crippen LogP contribution in [0.1, 0.15) is 13.3 Å². The van der Waals surface area contributed by atoms with E-state index in [-0.39, 0.29) is 0 Å². The second-order valence-corrected chi connectivity index (χ2v) is 2.66. The predicted molar refractivity (Wildman–Crippen MR) is 56.7 cm³/mol. The third-order valence-corrected chi connectivity index (χ3v) is 1.53. The summed E-state index contributed by atoms with van der Waals surface area (Å²) in [6.07, 6.45) is 0.648. The lowest BCUT2D eigenvalue weighted by Crippen LogP contribution is -2.11. The maximum atomic E-state index is 10.1. The number of rotatable bonds is 2. The van der Waals surface area contributed by atoms with Crippen LogP contribution in [0.15, 0.2) is 42.5 Å². The highest BCUT2D eigenvalue weighted by molar-refractivity contribution is 5.91. The number of nitrogens with two attached hydrogens (primary N) is 1. The van der Waals surface area contributed by atoms with E-state index in [9.17, 15) is 4.79 Å². The minimum absolute atomic E-state index is 0.322. The zero-order valence-corrected chi connectivity index (χ0v) is 8.23. The Hall–Kier alpha value is -1.77. The van der Waals surface area contributed by atoms with Crippen molar-refractivity contribution >= 4 is 5.91 Å². The lowest BCUT2D eigenvalue weighted by molar-refractivity contribution is -0.114. The van der Waals surface area contributed by atoms with Gasteiger partial charge in [0.2, 0.25) is 5.91 Å². The third-order valence-electron chi connectivity index (χ3n) is 1.53. The highest BCUT2D eigenvalue weighted by Gasteiger charge is 1.93. The van der Waals surface area contributed by atoms with Crippen molar-refractivity contribution in [1.82, 2.24) is 0 Å². The summed E-state index contributed by atoms with van der Waals surface area (Å²) in [4.78, 5) is 10.1. The molecule has 3 N–H and O–H groups in total. The van der Waals surface area contributed by atoms with Gasteiger partial charge in [-0.3, -0.25) is 4.79 Å². The Morgan fingerprint density at radius 2 is 1.93 bits per heavy atom. The number of carbonyl (C=O) groups is 1. The van der Waals surface area contributed by atoms with Gasteiger partial charge in [0.05, 0.1) is 0 Å². The molecule has 0 atom stereocenters. The predicted octanol–water partition coefficient (Wildman–Crippen LogP) is 1.83. The molecule has 0 heterocycles. The van der Waals surface area contributed by atoms with Gasteiger partial charge in [0.25, 0.3) is 0 Å². The highest BCUT2D eigenvalue weighted by atomic mass is 16.3. The molecule has 1 aromatic rings. The second kappa shape index (κ2) is 6.71. The van der Waals surface area contributed by atoms with Crippen LogP contribution in [-0.4, -0.2) is 11.0 Å². The van der Waals surface area contributed by atoms with Gasteiger partial charge >= 0.3 is 0 Å². The zero-order valence-electron chi connectivity index (χ0n) is 8.23. The van der Waals surface area contributed by atoms with Crippen molar-refractivity contribution in [3.05, 3.63) is 42.5 Å². The maximum Gasteiger partial charge on any atom is 0.244 e. The molecule has 0 bridgehead atoms. The van der Waals surface area contributed by atoms with Gasteiger partial charge in [-0.2, -0.15) is 0 Å².